The van der Waals surface area contributed by atoms with Gasteiger partial charge in [-0.3, -0.25) is 0 Å². The Balaban J connectivity index is 2.09. The van der Waals surface area contributed by atoms with Crippen LogP contribution in [-0.2, 0) is 6.42 Å². The Labute approximate surface area is 126 Å². The zero-order valence-electron chi connectivity index (χ0n) is 12.3. The van der Waals surface area contributed by atoms with E-state index in [0.717, 1.165) is 18.6 Å². The molecule has 2 rings (SSSR count). The molecular weight excluding hydrogens is 262 g/mol. The monoisotopic (exact) mass is 285 g/mol. The second-order valence-corrected chi connectivity index (χ2v) is 6.36. The highest BCUT2D eigenvalue weighted by Crippen LogP contribution is 2.24. The number of nitrogens with two attached hydrogens (primary N) is 1. The molecule has 0 aliphatic carbocycles. The summed E-state index contributed by atoms with van der Waals surface area (Å²) in [6, 6.07) is 17.8. The molecule has 0 aliphatic heterocycles. The first-order valence-electron chi connectivity index (χ1n) is 7.30. The highest BCUT2D eigenvalue weighted by Gasteiger charge is 2.02. The van der Waals surface area contributed by atoms with Crippen LogP contribution in [0.4, 0.5) is 0 Å². The van der Waals surface area contributed by atoms with E-state index in [9.17, 15) is 0 Å². The van der Waals surface area contributed by atoms with Crippen molar-refractivity contribution in [2.75, 3.05) is 5.75 Å². The molecule has 20 heavy (non-hydrogen) atoms. The van der Waals surface area contributed by atoms with Crippen molar-refractivity contribution >= 4 is 11.8 Å². The second kappa shape index (κ2) is 7.51. The summed E-state index contributed by atoms with van der Waals surface area (Å²) in [5.74, 6) is 1.12. The van der Waals surface area contributed by atoms with Crippen LogP contribution in [0.5, 0.6) is 0 Å². The molecule has 1 atom stereocenters. The molecule has 0 bridgehead atoms. The average Bonchev–Trinajstić information content (AvgIpc) is 2.49. The molecule has 0 amide bonds. The molecule has 0 aromatic heterocycles. The van der Waals surface area contributed by atoms with E-state index in [1.165, 1.54) is 21.6 Å². The molecule has 0 fully saturated rings. The van der Waals surface area contributed by atoms with Gasteiger partial charge in [-0.05, 0) is 47.4 Å². The summed E-state index contributed by atoms with van der Waals surface area (Å²) in [6.45, 7) is 4.31. The highest BCUT2D eigenvalue weighted by molar-refractivity contribution is 7.99. The third kappa shape index (κ3) is 4.12. The van der Waals surface area contributed by atoms with E-state index in [1.807, 2.05) is 11.8 Å². The van der Waals surface area contributed by atoms with E-state index >= 15 is 0 Å². The highest BCUT2D eigenvalue weighted by atomic mass is 32.2. The van der Waals surface area contributed by atoms with Gasteiger partial charge in [-0.2, -0.15) is 0 Å². The first kappa shape index (κ1) is 15.1. The maximum atomic E-state index is 6.00. The molecular formula is C18H23NS. The van der Waals surface area contributed by atoms with Gasteiger partial charge in [0.2, 0.25) is 0 Å². The first-order valence-corrected chi connectivity index (χ1v) is 8.29. The lowest BCUT2D eigenvalue weighted by atomic mass is 10.0. The van der Waals surface area contributed by atoms with Crippen LogP contribution < -0.4 is 5.73 Å². The molecule has 2 aromatic rings. The number of rotatable bonds is 6. The Hall–Kier alpha value is -1.25. The standard InChI is InChI=1S/C18H23NS/c1-3-17(19)13-14-5-7-15(8-6-14)16-9-11-18(12-10-16)20-4-2/h5-12,17H,3-4,13,19H2,1-2H3. The number of benzene rings is 2. The minimum Gasteiger partial charge on any atom is -0.327 e. The van der Waals surface area contributed by atoms with Gasteiger partial charge in [0.1, 0.15) is 0 Å². The fourth-order valence-corrected chi connectivity index (χ4v) is 2.85. The molecule has 1 nitrogen and oxygen atoms in total. The van der Waals surface area contributed by atoms with E-state index in [4.69, 9.17) is 5.73 Å². The smallest absolute Gasteiger partial charge is 0.00766 e. The normalized spacial score (nSPS) is 12.3. The SMILES string of the molecule is CCSc1ccc(-c2ccc(CC(N)CC)cc2)cc1. The molecule has 0 heterocycles. The minimum absolute atomic E-state index is 0.270. The van der Waals surface area contributed by atoms with Crippen LogP contribution in [0.1, 0.15) is 25.8 Å². The molecule has 1 unspecified atom stereocenters. The van der Waals surface area contributed by atoms with Crippen LogP contribution in [0.3, 0.4) is 0 Å². The van der Waals surface area contributed by atoms with Crippen LogP contribution >= 0.6 is 11.8 Å². The minimum atomic E-state index is 0.270. The Morgan fingerprint density at radius 3 is 1.95 bits per heavy atom. The van der Waals surface area contributed by atoms with Gasteiger partial charge in [-0.1, -0.05) is 50.2 Å². The summed E-state index contributed by atoms with van der Waals surface area (Å²) < 4.78 is 0. The zero-order valence-corrected chi connectivity index (χ0v) is 13.1. The van der Waals surface area contributed by atoms with Gasteiger partial charge < -0.3 is 5.73 Å². The molecule has 2 heteroatoms. The second-order valence-electron chi connectivity index (χ2n) is 5.03. The van der Waals surface area contributed by atoms with Crippen molar-refractivity contribution < 1.29 is 0 Å². The van der Waals surface area contributed by atoms with Gasteiger partial charge in [-0.15, -0.1) is 11.8 Å². The lowest BCUT2D eigenvalue weighted by Gasteiger charge is -2.09. The van der Waals surface area contributed by atoms with Crippen molar-refractivity contribution in [3.8, 4) is 11.1 Å². The van der Waals surface area contributed by atoms with Gasteiger partial charge in [0.25, 0.3) is 0 Å². The Morgan fingerprint density at radius 2 is 1.45 bits per heavy atom. The average molecular weight is 285 g/mol. The third-order valence-corrected chi connectivity index (χ3v) is 4.37. The van der Waals surface area contributed by atoms with Gasteiger partial charge in [0.15, 0.2) is 0 Å². The van der Waals surface area contributed by atoms with E-state index in [0.29, 0.717) is 0 Å². The predicted octanol–water partition coefficient (Wildman–Crippen LogP) is 4.75. The lowest BCUT2D eigenvalue weighted by Crippen LogP contribution is -2.21. The van der Waals surface area contributed by atoms with Crippen molar-refractivity contribution in [1.82, 2.24) is 0 Å². The number of hydrogen-bond donors (Lipinski definition) is 1. The van der Waals surface area contributed by atoms with Gasteiger partial charge >= 0.3 is 0 Å². The first-order chi connectivity index (χ1) is 9.72. The quantitative estimate of drug-likeness (QED) is 0.775. The van der Waals surface area contributed by atoms with Gasteiger partial charge in [-0.25, -0.2) is 0 Å². The maximum Gasteiger partial charge on any atom is 0.00766 e. The summed E-state index contributed by atoms with van der Waals surface area (Å²) in [5, 5.41) is 0. The molecule has 2 N–H and O–H groups in total. The Bertz CT molecular complexity index is 516. The van der Waals surface area contributed by atoms with Crippen molar-refractivity contribution in [3.05, 3.63) is 54.1 Å². The zero-order chi connectivity index (χ0) is 14.4. The topological polar surface area (TPSA) is 26.0 Å². The number of thioether (sulfide) groups is 1. The van der Waals surface area contributed by atoms with E-state index < -0.39 is 0 Å². The Morgan fingerprint density at radius 1 is 0.900 bits per heavy atom. The van der Waals surface area contributed by atoms with Crippen LogP contribution in [-0.4, -0.2) is 11.8 Å². The van der Waals surface area contributed by atoms with Crippen LogP contribution in [0.2, 0.25) is 0 Å². The van der Waals surface area contributed by atoms with Crippen molar-refractivity contribution in [2.24, 2.45) is 5.73 Å². The predicted molar refractivity (Wildman–Crippen MR) is 90.2 cm³/mol. The van der Waals surface area contributed by atoms with E-state index in [1.54, 1.807) is 0 Å². The molecule has 106 valence electrons. The maximum absolute atomic E-state index is 6.00. The van der Waals surface area contributed by atoms with Crippen molar-refractivity contribution in [2.45, 2.75) is 37.6 Å². The van der Waals surface area contributed by atoms with Crippen molar-refractivity contribution in [1.29, 1.82) is 0 Å². The largest absolute Gasteiger partial charge is 0.327 e. The number of hydrogen-bond acceptors (Lipinski definition) is 2. The summed E-state index contributed by atoms with van der Waals surface area (Å²) >= 11 is 1.88. The lowest BCUT2D eigenvalue weighted by molar-refractivity contribution is 0.646. The van der Waals surface area contributed by atoms with E-state index in [-0.39, 0.29) is 6.04 Å². The van der Waals surface area contributed by atoms with Crippen LogP contribution in [0, 0.1) is 0 Å². The molecule has 0 aliphatic rings. The third-order valence-electron chi connectivity index (χ3n) is 3.47. The van der Waals surface area contributed by atoms with Gasteiger partial charge in [0.05, 0.1) is 0 Å². The molecule has 0 saturated carbocycles. The summed E-state index contributed by atoms with van der Waals surface area (Å²) in [6.07, 6.45) is 1.99. The summed E-state index contributed by atoms with van der Waals surface area (Å²) in [7, 11) is 0. The van der Waals surface area contributed by atoms with E-state index in [2.05, 4.69) is 62.4 Å². The van der Waals surface area contributed by atoms with Gasteiger partial charge in [0, 0.05) is 10.9 Å². The molecule has 0 saturated heterocycles. The summed E-state index contributed by atoms with van der Waals surface area (Å²) in [5.41, 5.74) is 9.86. The fourth-order valence-electron chi connectivity index (χ4n) is 2.19. The molecule has 2 aromatic carbocycles. The summed E-state index contributed by atoms with van der Waals surface area (Å²) in [4.78, 5) is 1.33. The molecule has 0 radical (unpaired) electrons. The van der Waals surface area contributed by atoms with Crippen LogP contribution in [0.15, 0.2) is 53.4 Å². The van der Waals surface area contributed by atoms with Crippen molar-refractivity contribution in [3.63, 3.8) is 0 Å². The molecule has 0 spiro atoms. The Kier molecular flexibility index (Phi) is 5.69. The van der Waals surface area contributed by atoms with Crippen LogP contribution in [0.25, 0.3) is 11.1 Å². The fraction of sp³-hybridized carbons (Fsp3) is 0.333.